The molecule has 1 aliphatic heterocycles. The molecule has 114 valence electrons. The van der Waals surface area contributed by atoms with Crippen molar-refractivity contribution in [2.75, 3.05) is 6.61 Å². The molecule has 0 unspecified atom stereocenters. The summed E-state index contributed by atoms with van der Waals surface area (Å²) in [6, 6.07) is 0. The fraction of sp³-hybridized carbons (Fsp3) is 0.692. The Morgan fingerprint density at radius 1 is 1.25 bits per heavy atom. The Hall–Kier alpha value is -1.44. The van der Waals surface area contributed by atoms with Crippen molar-refractivity contribution < 1.29 is 33.6 Å². The molecule has 1 saturated heterocycles. The van der Waals surface area contributed by atoms with Crippen LogP contribution in [-0.2, 0) is 28.5 Å². The normalized spacial score (nSPS) is 33.3. The number of hydrogen-bond donors (Lipinski definition) is 1. The highest BCUT2D eigenvalue weighted by atomic mass is 16.7. The number of carbonyl (C=O) groups excluding carboxylic acids is 2. The van der Waals surface area contributed by atoms with Crippen molar-refractivity contribution in [3.05, 3.63) is 12.7 Å². The summed E-state index contributed by atoms with van der Waals surface area (Å²) >= 11 is 0. The molecule has 1 heterocycles. The number of aliphatic hydroxyl groups excluding tert-OH is 1. The summed E-state index contributed by atoms with van der Waals surface area (Å²) < 4.78 is 20.8. The molecular weight excluding hydrogens is 268 g/mol. The van der Waals surface area contributed by atoms with Gasteiger partial charge in [0.2, 0.25) is 0 Å². The van der Waals surface area contributed by atoms with Crippen LogP contribution in [-0.4, -0.2) is 54.4 Å². The molecule has 0 aliphatic carbocycles. The Morgan fingerprint density at radius 2 is 1.80 bits per heavy atom. The summed E-state index contributed by atoms with van der Waals surface area (Å²) in [5, 5.41) is 10.2. The second kappa shape index (κ2) is 7.37. The van der Waals surface area contributed by atoms with Crippen LogP contribution < -0.4 is 0 Å². The van der Waals surface area contributed by atoms with Gasteiger partial charge in [0.05, 0.1) is 12.7 Å². The Labute approximate surface area is 117 Å². The topological polar surface area (TPSA) is 91.3 Å². The molecule has 0 saturated carbocycles. The average Bonchev–Trinajstić information content (AvgIpc) is 2.35. The lowest BCUT2D eigenvalue weighted by Gasteiger charge is -2.41. The van der Waals surface area contributed by atoms with Crippen LogP contribution in [0.3, 0.4) is 0 Å². The van der Waals surface area contributed by atoms with E-state index in [0.29, 0.717) is 0 Å². The fourth-order valence-corrected chi connectivity index (χ4v) is 1.97. The lowest BCUT2D eigenvalue weighted by atomic mass is 9.99. The molecule has 0 aromatic heterocycles. The number of esters is 2. The number of aliphatic hydroxyl groups is 1. The molecule has 1 rings (SSSR count). The minimum absolute atomic E-state index is 0.166. The number of ether oxygens (including phenoxy) is 4. The molecule has 7 nitrogen and oxygen atoms in total. The first-order valence-electron chi connectivity index (χ1n) is 6.27. The van der Waals surface area contributed by atoms with Crippen molar-refractivity contribution in [2.24, 2.45) is 0 Å². The van der Waals surface area contributed by atoms with E-state index in [1.54, 1.807) is 6.92 Å². The zero-order valence-corrected chi connectivity index (χ0v) is 11.8. The second-order valence-electron chi connectivity index (χ2n) is 4.47. The lowest BCUT2D eigenvalue weighted by molar-refractivity contribution is -0.295. The lowest BCUT2D eigenvalue weighted by Crippen LogP contribution is -2.60. The molecule has 0 radical (unpaired) electrons. The van der Waals surface area contributed by atoms with Crippen LogP contribution >= 0.6 is 0 Å². The molecule has 1 fully saturated rings. The van der Waals surface area contributed by atoms with Gasteiger partial charge >= 0.3 is 11.9 Å². The Kier molecular flexibility index (Phi) is 6.12. The van der Waals surface area contributed by atoms with E-state index in [2.05, 4.69) is 6.58 Å². The van der Waals surface area contributed by atoms with Crippen LogP contribution in [0.5, 0.6) is 0 Å². The smallest absolute Gasteiger partial charge is 0.303 e. The maximum Gasteiger partial charge on any atom is 0.303 e. The number of hydrogen-bond acceptors (Lipinski definition) is 7. The standard InChI is InChI=1S/C13H20O7/c1-5-6-17-13-10(16)12(20-9(4)15)11(7(2)18-13)19-8(3)14/h5,7,10-13,16H,1,6H2,2-4H3/t7-,10+,11-,12-,13+/m0/s1. The van der Waals surface area contributed by atoms with E-state index in [-0.39, 0.29) is 6.61 Å². The van der Waals surface area contributed by atoms with E-state index < -0.39 is 42.6 Å². The van der Waals surface area contributed by atoms with Crippen molar-refractivity contribution in [1.29, 1.82) is 0 Å². The molecule has 0 spiro atoms. The van der Waals surface area contributed by atoms with E-state index in [0.717, 1.165) is 0 Å². The third kappa shape index (κ3) is 4.29. The zero-order chi connectivity index (χ0) is 15.3. The molecule has 1 aliphatic rings. The fourth-order valence-electron chi connectivity index (χ4n) is 1.97. The first kappa shape index (κ1) is 16.6. The molecular formula is C13H20O7. The third-order valence-corrected chi connectivity index (χ3v) is 2.73. The predicted molar refractivity (Wildman–Crippen MR) is 67.6 cm³/mol. The van der Waals surface area contributed by atoms with Gasteiger partial charge in [0.15, 0.2) is 18.5 Å². The van der Waals surface area contributed by atoms with Gasteiger partial charge in [-0.1, -0.05) is 6.08 Å². The second-order valence-corrected chi connectivity index (χ2v) is 4.47. The van der Waals surface area contributed by atoms with E-state index in [9.17, 15) is 14.7 Å². The first-order chi connectivity index (χ1) is 9.36. The van der Waals surface area contributed by atoms with Gasteiger partial charge in [-0.15, -0.1) is 6.58 Å². The summed E-state index contributed by atoms with van der Waals surface area (Å²) in [6.07, 6.45) is -3.29. The van der Waals surface area contributed by atoms with Crippen LogP contribution in [0.1, 0.15) is 20.8 Å². The summed E-state index contributed by atoms with van der Waals surface area (Å²) in [5.74, 6) is -1.15. The van der Waals surface area contributed by atoms with Crippen LogP contribution in [0.4, 0.5) is 0 Å². The summed E-state index contributed by atoms with van der Waals surface area (Å²) in [5.41, 5.74) is 0. The van der Waals surface area contributed by atoms with Crippen molar-refractivity contribution in [1.82, 2.24) is 0 Å². The molecule has 5 atom stereocenters. The van der Waals surface area contributed by atoms with Crippen LogP contribution in [0.25, 0.3) is 0 Å². The van der Waals surface area contributed by atoms with E-state index in [4.69, 9.17) is 18.9 Å². The Balaban J connectivity index is 2.87. The van der Waals surface area contributed by atoms with Crippen LogP contribution in [0.15, 0.2) is 12.7 Å². The molecule has 1 N–H and O–H groups in total. The van der Waals surface area contributed by atoms with Crippen molar-refractivity contribution in [2.45, 2.75) is 51.5 Å². The van der Waals surface area contributed by atoms with E-state index >= 15 is 0 Å². The van der Waals surface area contributed by atoms with Gasteiger partial charge in [0.1, 0.15) is 6.10 Å². The quantitative estimate of drug-likeness (QED) is 0.569. The third-order valence-electron chi connectivity index (χ3n) is 2.73. The molecule has 20 heavy (non-hydrogen) atoms. The average molecular weight is 288 g/mol. The molecule has 0 amide bonds. The summed E-state index contributed by atoms with van der Waals surface area (Å²) in [6.45, 7) is 7.73. The first-order valence-corrected chi connectivity index (χ1v) is 6.27. The van der Waals surface area contributed by atoms with Gasteiger partial charge in [0.25, 0.3) is 0 Å². The van der Waals surface area contributed by atoms with Crippen LogP contribution in [0, 0.1) is 0 Å². The SMILES string of the molecule is C=CCO[C@@H]1O[C@@H](C)[C@H](OC(C)=O)[C@@H](OC(C)=O)[C@H]1O. The summed E-state index contributed by atoms with van der Waals surface area (Å²) in [4.78, 5) is 22.2. The predicted octanol–water partition coefficient (Wildman–Crippen LogP) is 0.158. The molecule has 0 bridgehead atoms. The van der Waals surface area contributed by atoms with Gasteiger partial charge < -0.3 is 24.1 Å². The maximum atomic E-state index is 11.1. The van der Waals surface area contributed by atoms with Gasteiger partial charge in [-0.25, -0.2) is 0 Å². The Morgan fingerprint density at radius 3 is 2.30 bits per heavy atom. The maximum absolute atomic E-state index is 11.1. The highest BCUT2D eigenvalue weighted by Gasteiger charge is 2.48. The van der Waals surface area contributed by atoms with Crippen LogP contribution in [0.2, 0.25) is 0 Å². The van der Waals surface area contributed by atoms with Crippen molar-refractivity contribution in [3.8, 4) is 0 Å². The summed E-state index contributed by atoms with van der Waals surface area (Å²) in [7, 11) is 0. The van der Waals surface area contributed by atoms with Crippen molar-refractivity contribution in [3.63, 3.8) is 0 Å². The van der Waals surface area contributed by atoms with Gasteiger partial charge in [-0.05, 0) is 6.92 Å². The van der Waals surface area contributed by atoms with Gasteiger partial charge in [0, 0.05) is 13.8 Å². The highest BCUT2D eigenvalue weighted by molar-refractivity contribution is 5.67. The molecule has 0 aromatic carbocycles. The minimum Gasteiger partial charge on any atom is -0.456 e. The molecule has 0 aromatic rings. The van der Waals surface area contributed by atoms with Gasteiger partial charge in [-0.2, -0.15) is 0 Å². The highest BCUT2D eigenvalue weighted by Crippen LogP contribution is 2.26. The number of rotatable bonds is 5. The molecule has 7 heteroatoms. The monoisotopic (exact) mass is 288 g/mol. The van der Waals surface area contributed by atoms with Crippen molar-refractivity contribution >= 4 is 11.9 Å². The van der Waals surface area contributed by atoms with E-state index in [1.165, 1.54) is 19.9 Å². The minimum atomic E-state index is -1.26. The van der Waals surface area contributed by atoms with E-state index in [1.807, 2.05) is 0 Å². The zero-order valence-electron chi connectivity index (χ0n) is 11.8. The van der Waals surface area contributed by atoms with Gasteiger partial charge in [-0.3, -0.25) is 9.59 Å². The largest absolute Gasteiger partial charge is 0.456 e. The Bertz CT molecular complexity index is 368. The number of carbonyl (C=O) groups is 2.